The molecule has 21 heavy (non-hydrogen) atoms. The molecule has 0 fully saturated rings. The normalized spacial score (nSPS) is 13.7. The van der Waals surface area contributed by atoms with Crippen LogP contribution in [0.2, 0.25) is 0 Å². The first-order valence-electron chi connectivity index (χ1n) is 7.15. The van der Waals surface area contributed by atoms with Crippen molar-refractivity contribution in [2.24, 2.45) is 5.92 Å². The van der Waals surface area contributed by atoms with Crippen molar-refractivity contribution in [1.29, 1.82) is 0 Å². The van der Waals surface area contributed by atoms with E-state index >= 15 is 0 Å². The van der Waals surface area contributed by atoms with Crippen LogP contribution in [0.1, 0.15) is 37.6 Å². The molecule has 0 radical (unpaired) electrons. The summed E-state index contributed by atoms with van der Waals surface area (Å²) in [5.74, 6) is 0.725. The average Bonchev–Trinajstić information content (AvgIpc) is 3.01. The second-order valence-corrected chi connectivity index (χ2v) is 5.30. The smallest absolute Gasteiger partial charge is 0.230 e. The first-order chi connectivity index (χ1) is 10.1. The molecule has 6 nitrogen and oxygen atoms in total. The predicted molar refractivity (Wildman–Crippen MR) is 79.3 cm³/mol. The lowest BCUT2D eigenvalue weighted by molar-refractivity contribution is -0.133. The number of amides is 1. The van der Waals surface area contributed by atoms with Gasteiger partial charge in [0.15, 0.2) is 5.82 Å². The van der Waals surface area contributed by atoms with Gasteiger partial charge in [0.05, 0.1) is 12.5 Å². The Morgan fingerprint density at radius 3 is 2.62 bits per heavy atom. The molecule has 0 aliphatic rings. The van der Waals surface area contributed by atoms with E-state index in [0.717, 1.165) is 12.0 Å². The summed E-state index contributed by atoms with van der Waals surface area (Å²) in [4.78, 5) is 14.5. The Balaban J connectivity index is 2.18. The van der Waals surface area contributed by atoms with Crippen LogP contribution in [0.3, 0.4) is 0 Å². The SMILES string of the molecule is CCC(C)C(C(=O)N(C)Cc1nn[nH]n1)c1ccccc1. The zero-order valence-electron chi connectivity index (χ0n) is 12.7. The van der Waals surface area contributed by atoms with Gasteiger partial charge in [0.2, 0.25) is 5.91 Å². The number of nitrogens with one attached hydrogen (secondary N) is 1. The summed E-state index contributed by atoms with van der Waals surface area (Å²) in [6.07, 6.45) is 0.946. The van der Waals surface area contributed by atoms with Gasteiger partial charge in [0.25, 0.3) is 0 Å². The van der Waals surface area contributed by atoms with E-state index in [0.29, 0.717) is 12.4 Å². The number of benzene rings is 1. The Kier molecular flexibility index (Phi) is 5.03. The summed E-state index contributed by atoms with van der Waals surface area (Å²) >= 11 is 0. The highest BCUT2D eigenvalue weighted by Crippen LogP contribution is 2.28. The van der Waals surface area contributed by atoms with Gasteiger partial charge in [-0.25, -0.2) is 0 Å². The Hall–Kier alpha value is -2.24. The number of likely N-dealkylation sites (N-methyl/N-ethyl adjacent to an activating group) is 1. The Morgan fingerprint density at radius 2 is 2.05 bits per heavy atom. The fourth-order valence-corrected chi connectivity index (χ4v) is 2.39. The molecule has 112 valence electrons. The number of hydrogen-bond acceptors (Lipinski definition) is 4. The summed E-state index contributed by atoms with van der Waals surface area (Å²) in [7, 11) is 1.77. The van der Waals surface area contributed by atoms with Gasteiger partial charge >= 0.3 is 0 Å². The van der Waals surface area contributed by atoms with Crippen LogP contribution in [0.5, 0.6) is 0 Å². The van der Waals surface area contributed by atoms with E-state index in [9.17, 15) is 4.79 Å². The van der Waals surface area contributed by atoms with E-state index < -0.39 is 0 Å². The van der Waals surface area contributed by atoms with Crippen molar-refractivity contribution in [2.45, 2.75) is 32.7 Å². The number of tetrazole rings is 1. The number of H-pyrrole nitrogens is 1. The molecule has 0 saturated carbocycles. The van der Waals surface area contributed by atoms with Crippen molar-refractivity contribution < 1.29 is 4.79 Å². The quantitative estimate of drug-likeness (QED) is 0.881. The van der Waals surface area contributed by atoms with E-state index in [1.54, 1.807) is 11.9 Å². The maximum Gasteiger partial charge on any atom is 0.230 e. The van der Waals surface area contributed by atoms with Crippen LogP contribution < -0.4 is 0 Å². The minimum atomic E-state index is -0.145. The molecule has 0 spiro atoms. The number of aromatic amines is 1. The lowest BCUT2D eigenvalue weighted by Gasteiger charge is -2.27. The molecular formula is C15H21N5O. The summed E-state index contributed by atoms with van der Waals surface area (Å²) in [6, 6.07) is 9.92. The summed E-state index contributed by atoms with van der Waals surface area (Å²) in [5, 5.41) is 13.7. The minimum Gasteiger partial charge on any atom is -0.338 e. The van der Waals surface area contributed by atoms with E-state index in [4.69, 9.17) is 0 Å². The highest BCUT2D eigenvalue weighted by molar-refractivity contribution is 5.83. The third-order valence-corrected chi connectivity index (χ3v) is 3.78. The summed E-state index contributed by atoms with van der Waals surface area (Å²) < 4.78 is 0. The van der Waals surface area contributed by atoms with Crippen LogP contribution in [0.15, 0.2) is 30.3 Å². The first kappa shape index (κ1) is 15.2. The van der Waals surface area contributed by atoms with Crippen LogP contribution in [-0.2, 0) is 11.3 Å². The van der Waals surface area contributed by atoms with Crippen molar-refractivity contribution in [3.63, 3.8) is 0 Å². The van der Waals surface area contributed by atoms with Gasteiger partial charge in [0, 0.05) is 7.05 Å². The second-order valence-electron chi connectivity index (χ2n) is 5.30. The van der Waals surface area contributed by atoms with Crippen LogP contribution in [-0.4, -0.2) is 38.5 Å². The van der Waals surface area contributed by atoms with Crippen molar-refractivity contribution >= 4 is 5.91 Å². The van der Waals surface area contributed by atoms with Gasteiger partial charge in [-0.1, -0.05) is 55.8 Å². The molecule has 2 atom stereocenters. The first-order valence-corrected chi connectivity index (χ1v) is 7.15. The number of hydrogen-bond donors (Lipinski definition) is 1. The molecule has 0 saturated heterocycles. The molecule has 2 aromatic rings. The zero-order chi connectivity index (χ0) is 15.2. The molecule has 0 aliphatic heterocycles. The lowest BCUT2D eigenvalue weighted by Crippen LogP contribution is -2.34. The summed E-state index contributed by atoms with van der Waals surface area (Å²) in [5.41, 5.74) is 1.05. The molecule has 6 heteroatoms. The fraction of sp³-hybridized carbons (Fsp3) is 0.467. The third kappa shape index (κ3) is 3.65. The van der Waals surface area contributed by atoms with E-state index in [1.807, 2.05) is 30.3 Å². The molecule has 1 amide bonds. The number of carbonyl (C=O) groups is 1. The Labute approximate surface area is 124 Å². The molecule has 0 bridgehead atoms. The minimum absolute atomic E-state index is 0.0837. The molecule has 2 unspecified atom stereocenters. The molecule has 1 heterocycles. The van der Waals surface area contributed by atoms with Crippen molar-refractivity contribution in [3.05, 3.63) is 41.7 Å². The third-order valence-electron chi connectivity index (χ3n) is 3.78. The standard InChI is InChI=1S/C15H21N5O/c1-4-11(2)14(12-8-6-5-7-9-12)15(21)20(3)10-13-16-18-19-17-13/h5-9,11,14H,4,10H2,1-3H3,(H,16,17,18,19). The Morgan fingerprint density at radius 1 is 1.33 bits per heavy atom. The van der Waals surface area contributed by atoms with Gasteiger partial charge in [-0.2, -0.15) is 5.21 Å². The summed E-state index contributed by atoms with van der Waals surface area (Å²) in [6.45, 7) is 4.57. The highest BCUT2D eigenvalue weighted by Gasteiger charge is 2.28. The van der Waals surface area contributed by atoms with Crippen LogP contribution in [0.25, 0.3) is 0 Å². The predicted octanol–water partition coefficient (Wildman–Crippen LogP) is 1.99. The second kappa shape index (κ2) is 6.97. The Bertz CT molecular complexity index is 555. The zero-order valence-corrected chi connectivity index (χ0v) is 12.7. The van der Waals surface area contributed by atoms with Crippen molar-refractivity contribution in [2.75, 3.05) is 7.05 Å². The van der Waals surface area contributed by atoms with Gasteiger partial charge < -0.3 is 4.90 Å². The molecule has 1 aromatic carbocycles. The topological polar surface area (TPSA) is 74.8 Å². The molecule has 0 aliphatic carbocycles. The largest absolute Gasteiger partial charge is 0.338 e. The van der Waals surface area contributed by atoms with Crippen LogP contribution in [0.4, 0.5) is 0 Å². The van der Waals surface area contributed by atoms with E-state index in [-0.39, 0.29) is 17.7 Å². The number of rotatable bonds is 6. The van der Waals surface area contributed by atoms with Crippen molar-refractivity contribution in [1.82, 2.24) is 25.5 Å². The van der Waals surface area contributed by atoms with Gasteiger partial charge in [-0.05, 0) is 11.5 Å². The number of nitrogens with zero attached hydrogens (tertiary/aromatic N) is 4. The van der Waals surface area contributed by atoms with Gasteiger partial charge in [-0.15, -0.1) is 10.2 Å². The molecule has 2 rings (SSSR count). The van der Waals surface area contributed by atoms with Crippen molar-refractivity contribution in [3.8, 4) is 0 Å². The molecular weight excluding hydrogens is 266 g/mol. The maximum absolute atomic E-state index is 12.8. The van der Waals surface area contributed by atoms with Crippen LogP contribution >= 0.6 is 0 Å². The van der Waals surface area contributed by atoms with Crippen LogP contribution in [0, 0.1) is 5.92 Å². The lowest BCUT2D eigenvalue weighted by atomic mass is 9.84. The molecule has 1 N–H and O–H groups in total. The monoisotopic (exact) mass is 287 g/mol. The fourth-order valence-electron chi connectivity index (χ4n) is 2.39. The number of carbonyl (C=O) groups excluding carboxylic acids is 1. The maximum atomic E-state index is 12.8. The highest BCUT2D eigenvalue weighted by atomic mass is 16.2. The van der Waals surface area contributed by atoms with E-state index in [2.05, 4.69) is 34.5 Å². The van der Waals surface area contributed by atoms with Gasteiger partial charge in [-0.3, -0.25) is 4.79 Å². The number of aromatic nitrogens is 4. The molecule has 1 aromatic heterocycles. The van der Waals surface area contributed by atoms with E-state index in [1.165, 1.54) is 0 Å². The average molecular weight is 287 g/mol. The van der Waals surface area contributed by atoms with Gasteiger partial charge in [0.1, 0.15) is 0 Å².